The second kappa shape index (κ2) is 11.7. The van der Waals surface area contributed by atoms with Gasteiger partial charge in [-0.25, -0.2) is 0 Å². The number of likely N-dealkylation sites (tertiary alicyclic amines) is 1. The fourth-order valence-corrected chi connectivity index (χ4v) is 4.33. The summed E-state index contributed by atoms with van der Waals surface area (Å²) in [4.78, 5) is 17.3. The number of benzene rings is 2. The second-order valence-corrected chi connectivity index (χ2v) is 8.75. The molecule has 1 fully saturated rings. The number of hydrogen-bond acceptors (Lipinski definition) is 2. The molecule has 0 aromatic heterocycles. The van der Waals surface area contributed by atoms with E-state index in [9.17, 15) is 4.79 Å². The van der Waals surface area contributed by atoms with Gasteiger partial charge >= 0.3 is 0 Å². The van der Waals surface area contributed by atoms with E-state index >= 15 is 0 Å². The predicted molar refractivity (Wildman–Crippen MR) is 138 cm³/mol. The molecule has 0 aliphatic carbocycles. The van der Waals surface area contributed by atoms with Crippen LogP contribution < -0.4 is 4.90 Å². The van der Waals surface area contributed by atoms with Crippen molar-refractivity contribution < 1.29 is 4.79 Å². The van der Waals surface area contributed by atoms with Crippen LogP contribution in [0.5, 0.6) is 0 Å². The van der Waals surface area contributed by atoms with Crippen molar-refractivity contribution in [2.45, 2.75) is 58.8 Å². The molecule has 3 heteroatoms. The number of nitrogens with zero attached hydrogens (tertiary/aromatic N) is 2. The van der Waals surface area contributed by atoms with E-state index in [0.29, 0.717) is 0 Å². The highest BCUT2D eigenvalue weighted by molar-refractivity contribution is 5.96. The molecule has 3 nitrogen and oxygen atoms in total. The van der Waals surface area contributed by atoms with Crippen molar-refractivity contribution in [3.63, 3.8) is 0 Å². The SMILES string of the molecule is C=Cc1cc(C(=O)N2CCCCC2)ccc1N(CCC)c1ccc(CCC(=C)CC)cc1. The lowest BCUT2D eigenvalue weighted by Gasteiger charge is -2.29. The molecule has 1 heterocycles. The Hall–Kier alpha value is -2.81. The first kappa shape index (κ1) is 23.8. The van der Waals surface area contributed by atoms with Crippen molar-refractivity contribution in [2.24, 2.45) is 0 Å². The fourth-order valence-electron chi connectivity index (χ4n) is 4.33. The Morgan fingerprint density at radius 3 is 2.41 bits per heavy atom. The van der Waals surface area contributed by atoms with Crippen LogP contribution in [0.4, 0.5) is 11.4 Å². The van der Waals surface area contributed by atoms with E-state index in [1.807, 2.05) is 23.1 Å². The number of amides is 1. The molecule has 0 saturated carbocycles. The number of hydrogen-bond donors (Lipinski definition) is 0. The molecule has 1 aliphatic heterocycles. The molecule has 2 aromatic carbocycles. The van der Waals surface area contributed by atoms with Crippen molar-refractivity contribution in [1.29, 1.82) is 0 Å². The number of carbonyl (C=O) groups is 1. The summed E-state index contributed by atoms with van der Waals surface area (Å²) >= 11 is 0. The summed E-state index contributed by atoms with van der Waals surface area (Å²) in [5.41, 5.74) is 6.67. The van der Waals surface area contributed by atoms with E-state index < -0.39 is 0 Å². The summed E-state index contributed by atoms with van der Waals surface area (Å²) in [5.74, 6) is 0.138. The fraction of sp³-hybridized carbons (Fsp3) is 0.414. The van der Waals surface area contributed by atoms with Gasteiger partial charge in [-0.15, -0.1) is 0 Å². The van der Waals surface area contributed by atoms with Gasteiger partial charge in [-0.05, 0) is 86.4 Å². The van der Waals surface area contributed by atoms with Crippen LogP contribution in [-0.2, 0) is 6.42 Å². The summed E-state index contributed by atoms with van der Waals surface area (Å²) in [6, 6.07) is 14.9. The summed E-state index contributed by atoms with van der Waals surface area (Å²) in [7, 11) is 0. The van der Waals surface area contributed by atoms with Crippen LogP contribution >= 0.6 is 0 Å². The second-order valence-electron chi connectivity index (χ2n) is 8.75. The lowest BCUT2D eigenvalue weighted by Crippen LogP contribution is -2.35. The maximum Gasteiger partial charge on any atom is 0.253 e. The van der Waals surface area contributed by atoms with Crippen LogP contribution in [0.1, 0.15) is 73.9 Å². The molecule has 0 spiro atoms. The molecule has 1 saturated heterocycles. The van der Waals surface area contributed by atoms with Gasteiger partial charge in [-0.3, -0.25) is 4.79 Å². The molecule has 1 aliphatic rings. The molecule has 0 atom stereocenters. The summed E-state index contributed by atoms with van der Waals surface area (Å²) in [6.07, 6.45) is 9.45. The van der Waals surface area contributed by atoms with E-state index in [-0.39, 0.29) is 5.91 Å². The van der Waals surface area contributed by atoms with E-state index in [1.165, 1.54) is 23.2 Å². The first-order chi connectivity index (χ1) is 15.6. The third-order valence-corrected chi connectivity index (χ3v) is 6.39. The summed E-state index contributed by atoms with van der Waals surface area (Å²) < 4.78 is 0. The topological polar surface area (TPSA) is 23.6 Å². The average Bonchev–Trinajstić information content (AvgIpc) is 2.86. The Morgan fingerprint density at radius 1 is 1.06 bits per heavy atom. The highest BCUT2D eigenvalue weighted by Crippen LogP contribution is 2.31. The van der Waals surface area contributed by atoms with Crippen LogP contribution in [-0.4, -0.2) is 30.4 Å². The number of aryl methyl sites for hydroxylation is 1. The van der Waals surface area contributed by atoms with Crippen molar-refractivity contribution >= 4 is 23.4 Å². The molecule has 2 aromatic rings. The number of carbonyl (C=O) groups excluding carboxylic acids is 1. The Kier molecular flexibility index (Phi) is 8.72. The molecule has 32 heavy (non-hydrogen) atoms. The zero-order valence-electron chi connectivity index (χ0n) is 19.9. The summed E-state index contributed by atoms with van der Waals surface area (Å²) in [5, 5.41) is 0. The maximum atomic E-state index is 13.0. The molecule has 0 radical (unpaired) electrons. The van der Waals surface area contributed by atoms with Crippen LogP contribution in [0.15, 0.2) is 61.2 Å². The minimum Gasteiger partial charge on any atom is -0.341 e. The average molecular weight is 431 g/mol. The third kappa shape index (κ3) is 5.91. The van der Waals surface area contributed by atoms with Gasteiger partial charge < -0.3 is 9.80 Å². The van der Waals surface area contributed by atoms with Gasteiger partial charge in [0.2, 0.25) is 0 Å². The zero-order valence-corrected chi connectivity index (χ0v) is 19.9. The highest BCUT2D eigenvalue weighted by Gasteiger charge is 2.20. The minimum atomic E-state index is 0.138. The normalized spacial score (nSPS) is 13.6. The Labute approximate surface area is 194 Å². The van der Waals surface area contributed by atoms with E-state index in [4.69, 9.17) is 0 Å². The van der Waals surface area contributed by atoms with Crippen molar-refractivity contribution in [1.82, 2.24) is 4.90 Å². The summed E-state index contributed by atoms with van der Waals surface area (Å²) in [6.45, 7) is 15.2. The van der Waals surface area contributed by atoms with Crippen molar-refractivity contribution in [3.8, 4) is 0 Å². The lowest BCUT2D eigenvalue weighted by molar-refractivity contribution is 0.0724. The highest BCUT2D eigenvalue weighted by atomic mass is 16.2. The van der Waals surface area contributed by atoms with Gasteiger partial charge in [0, 0.05) is 36.6 Å². The molecular weight excluding hydrogens is 392 g/mol. The van der Waals surface area contributed by atoms with Gasteiger partial charge in [0.05, 0.1) is 0 Å². The number of anilines is 2. The van der Waals surface area contributed by atoms with Gasteiger partial charge in [0.15, 0.2) is 0 Å². The minimum absolute atomic E-state index is 0.138. The van der Waals surface area contributed by atoms with Crippen molar-refractivity contribution in [2.75, 3.05) is 24.5 Å². The van der Waals surface area contributed by atoms with Gasteiger partial charge in [-0.1, -0.05) is 50.8 Å². The van der Waals surface area contributed by atoms with Crippen LogP contribution in [0.2, 0.25) is 0 Å². The van der Waals surface area contributed by atoms with Gasteiger partial charge in [-0.2, -0.15) is 0 Å². The quantitative estimate of drug-likeness (QED) is 0.367. The van der Waals surface area contributed by atoms with Gasteiger partial charge in [0.1, 0.15) is 0 Å². The molecule has 0 bridgehead atoms. The largest absolute Gasteiger partial charge is 0.341 e. The lowest BCUT2D eigenvalue weighted by atomic mass is 10.0. The molecule has 1 amide bonds. The monoisotopic (exact) mass is 430 g/mol. The first-order valence-corrected chi connectivity index (χ1v) is 12.2. The van der Waals surface area contributed by atoms with E-state index in [1.54, 1.807) is 0 Å². The Balaban J connectivity index is 1.83. The predicted octanol–water partition coefficient (Wildman–Crippen LogP) is 7.40. The third-order valence-electron chi connectivity index (χ3n) is 6.39. The molecular formula is C29H38N2O. The molecule has 0 N–H and O–H groups in total. The first-order valence-electron chi connectivity index (χ1n) is 12.2. The van der Waals surface area contributed by atoms with E-state index in [0.717, 1.165) is 75.0 Å². The number of piperidine rings is 1. The molecule has 170 valence electrons. The Morgan fingerprint density at radius 2 is 1.78 bits per heavy atom. The Bertz CT molecular complexity index is 923. The van der Waals surface area contributed by atoms with Crippen LogP contribution in [0.25, 0.3) is 6.08 Å². The molecule has 3 rings (SSSR count). The number of allylic oxidation sites excluding steroid dienone is 1. The zero-order chi connectivity index (χ0) is 22.9. The van der Waals surface area contributed by atoms with Crippen LogP contribution in [0.3, 0.4) is 0 Å². The van der Waals surface area contributed by atoms with Gasteiger partial charge in [0.25, 0.3) is 5.91 Å². The van der Waals surface area contributed by atoms with E-state index in [2.05, 4.69) is 62.2 Å². The van der Waals surface area contributed by atoms with Crippen LogP contribution in [0, 0.1) is 0 Å². The smallest absolute Gasteiger partial charge is 0.253 e. The standard InChI is InChI=1S/C29H38N2O/c1-5-19-31(27-16-13-24(14-17-27)12-11-23(4)6-2)28-18-15-26(22-25(28)7-3)29(32)30-20-9-8-10-21-30/h7,13-18,22H,3-6,8-12,19-21H2,1-2H3. The van der Waals surface area contributed by atoms with Crippen molar-refractivity contribution in [3.05, 3.63) is 77.9 Å². The number of rotatable bonds is 10. The maximum absolute atomic E-state index is 13.0. The molecule has 0 unspecified atom stereocenters.